The first-order chi connectivity index (χ1) is 10.3. The Morgan fingerprint density at radius 1 is 0.957 bits per heavy atom. The Kier molecular flexibility index (Phi) is 6.64. The van der Waals surface area contributed by atoms with Crippen molar-refractivity contribution in [2.45, 2.75) is 39.2 Å². The molecule has 3 nitrogen and oxygen atoms in total. The molecule has 124 valence electrons. The Balaban J connectivity index is 0.00000264. The van der Waals surface area contributed by atoms with E-state index in [0.717, 1.165) is 11.1 Å². The number of hydrogen-bond donors (Lipinski definition) is 2. The van der Waals surface area contributed by atoms with Gasteiger partial charge in [0.1, 0.15) is 0 Å². The monoisotopic (exact) mass is 332 g/mol. The SMILES string of the molecule is CC(C)(C)c1ccc(CNC(=O)Cc2ccc(N)cc2)cc1.Cl. The molecule has 0 saturated carbocycles. The van der Waals surface area contributed by atoms with Gasteiger partial charge in [0.15, 0.2) is 0 Å². The van der Waals surface area contributed by atoms with Gasteiger partial charge in [0.25, 0.3) is 0 Å². The molecule has 0 bridgehead atoms. The van der Waals surface area contributed by atoms with E-state index < -0.39 is 0 Å². The first-order valence-electron chi connectivity index (χ1n) is 7.55. The van der Waals surface area contributed by atoms with Gasteiger partial charge in [-0.25, -0.2) is 0 Å². The first kappa shape index (κ1) is 19.0. The molecular formula is C19H25ClN2O. The van der Waals surface area contributed by atoms with Crippen LogP contribution in [0.4, 0.5) is 5.69 Å². The van der Waals surface area contributed by atoms with E-state index in [2.05, 4.69) is 50.4 Å². The lowest BCUT2D eigenvalue weighted by Gasteiger charge is -2.19. The highest BCUT2D eigenvalue weighted by atomic mass is 35.5. The molecule has 23 heavy (non-hydrogen) atoms. The fourth-order valence-electron chi connectivity index (χ4n) is 2.21. The number of anilines is 1. The Hall–Kier alpha value is -2.00. The third kappa shape index (κ3) is 5.95. The van der Waals surface area contributed by atoms with Gasteiger partial charge < -0.3 is 11.1 Å². The van der Waals surface area contributed by atoms with Crippen molar-refractivity contribution in [3.8, 4) is 0 Å². The molecule has 4 heteroatoms. The van der Waals surface area contributed by atoms with E-state index in [1.54, 1.807) is 0 Å². The zero-order valence-corrected chi connectivity index (χ0v) is 14.7. The van der Waals surface area contributed by atoms with Crippen molar-refractivity contribution in [3.05, 3.63) is 65.2 Å². The summed E-state index contributed by atoms with van der Waals surface area (Å²) in [6.07, 6.45) is 0.375. The molecule has 0 aromatic heterocycles. The van der Waals surface area contributed by atoms with Gasteiger partial charge in [-0.2, -0.15) is 0 Å². The Labute approximate surface area is 144 Å². The number of halogens is 1. The van der Waals surface area contributed by atoms with Crippen LogP contribution in [-0.2, 0) is 23.2 Å². The van der Waals surface area contributed by atoms with Crippen LogP contribution in [0.15, 0.2) is 48.5 Å². The van der Waals surface area contributed by atoms with Crippen molar-refractivity contribution >= 4 is 24.0 Å². The Bertz CT molecular complexity index is 628. The zero-order valence-electron chi connectivity index (χ0n) is 13.9. The summed E-state index contributed by atoms with van der Waals surface area (Å²) < 4.78 is 0. The minimum atomic E-state index is 0. The van der Waals surface area contributed by atoms with Gasteiger partial charge in [-0.15, -0.1) is 12.4 Å². The second kappa shape index (κ2) is 8.02. The van der Waals surface area contributed by atoms with E-state index in [4.69, 9.17) is 5.73 Å². The van der Waals surface area contributed by atoms with Gasteiger partial charge >= 0.3 is 0 Å². The van der Waals surface area contributed by atoms with E-state index in [-0.39, 0.29) is 23.7 Å². The second-order valence-corrected chi connectivity index (χ2v) is 6.64. The van der Waals surface area contributed by atoms with E-state index in [1.807, 2.05) is 24.3 Å². The summed E-state index contributed by atoms with van der Waals surface area (Å²) in [5.41, 5.74) is 9.87. The molecule has 2 aromatic rings. The highest BCUT2D eigenvalue weighted by molar-refractivity contribution is 5.85. The Morgan fingerprint density at radius 3 is 2.00 bits per heavy atom. The van der Waals surface area contributed by atoms with Gasteiger partial charge in [-0.1, -0.05) is 57.2 Å². The number of rotatable bonds is 4. The lowest BCUT2D eigenvalue weighted by atomic mass is 9.87. The molecule has 1 amide bonds. The average Bonchev–Trinajstić information content (AvgIpc) is 2.47. The van der Waals surface area contributed by atoms with E-state index >= 15 is 0 Å². The summed E-state index contributed by atoms with van der Waals surface area (Å²) in [4.78, 5) is 12.0. The molecular weight excluding hydrogens is 308 g/mol. The third-order valence-corrected chi connectivity index (χ3v) is 3.65. The summed E-state index contributed by atoms with van der Waals surface area (Å²) >= 11 is 0. The van der Waals surface area contributed by atoms with Crippen LogP contribution in [0.25, 0.3) is 0 Å². The number of carbonyl (C=O) groups excluding carboxylic acids is 1. The molecule has 0 spiro atoms. The fraction of sp³-hybridized carbons (Fsp3) is 0.316. The molecule has 0 radical (unpaired) electrons. The lowest BCUT2D eigenvalue weighted by molar-refractivity contribution is -0.120. The highest BCUT2D eigenvalue weighted by Crippen LogP contribution is 2.22. The van der Waals surface area contributed by atoms with Gasteiger partial charge in [0.2, 0.25) is 5.91 Å². The lowest BCUT2D eigenvalue weighted by Crippen LogP contribution is -2.24. The number of nitrogens with two attached hydrogens (primary N) is 1. The molecule has 0 unspecified atom stereocenters. The molecule has 2 aromatic carbocycles. The molecule has 0 fully saturated rings. The molecule has 2 rings (SSSR count). The second-order valence-electron chi connectivity index (χ2n) is 6.64. The number of nitrogen functional groups attached to an aromatic ring is 1. The molecule has 0 heterocycles. The summed E-state index contributed by atoms with van der Waals surface area (Å²) in [6.45, 7) is 7.13. The number of benzene rings is 2. The van der Waals surface area contributed by atoms with Crippen molar-refractivity contribution in [1.29, 1.82) is 0 Å². The predicted octanol–water partition coefficient (Wildman–Crippen LogP) is 3.85. The third-order valence-electron chi connectivity index (χ3n) is 3.65. The summed E-state index contributed by atoms with van der Waals surface area (Å²) in [5, 5.41) is 2.95. The fourth-order valence-corrected chi connectivity index (χ4v) is 2.21. The number of hydrogen-bond acceptors (Lipinski definition) is 2. The van der Waals surface area contributed by atoms with Crippen LogP contribution >= 0.6 is 12.4 Å². The van der Waals surface area contributed by atoms with E-state index in [0.29, 0.717) is 18.7 Å². The number of nitrogens with one attached hydrogen (secondary N) is 1. The van der Waals surface area contributed by atoms with E-state index in [9.17, 15) is 4.79 Å². The van der Waals surface area contributed by atoms with E-state index in [1.165, 1.54) is 5.56 Å². The van der Waals surface area contributed by atoms with Gasteiger partial charge in [0.05, 0.1) is 6.42 Å². The molecule has 0 aliphatic carbocycles. The molecule has 0 atom stereocenters. The largest absolute Gasteiger partial charge is 0.399 e. The van der Waals surface area contributed by atoms with Crippen LogP contribution in [-0.4, -0.2) is 5.91 Å². The average molecular weight is 333 g/mol. The number of amides is 1. The van der Waals surface area contributed by atoms with Crippen LogP contribution in [0.5, 0.6) is 0 Å². The van der Waals surface area contributed by atoms with Crippen molar-refractivity contribution < 1.29 is 4.79 Å². The first-order valence-corrected chi connectivity index (χ1v) is 7.55. The maximum absolute atomic E-state index is 12.0. The van der Waals surface area contributed by atoms with Crippen molar-refractivity contribution in [1.82, 2.24) is 5.32 Å². The minimum Gasteiger partial charge on any atom is -0.399 e. The van der Waals surface area contributed by atoms with Crippen molar-refractivity contribution in [3.63, 3.8) is 0 Å². The van der Waals surface area contributed by atoms with Crippen LogP contribution in [0.3, 0.4) is 0 Å². The molecule has 0 saturated heterocycles. The summed E-state index contributed by atoms with van der Waals surface area (Å²) in [6, 6.07) is 15.8. The normalized spacial score (nSPS) is 10.7. The Morgan fingerprint density at radius 2 is 1.48 bits per heavy atom. The van der Waals surface area contributed by atoms with Crippen molar-refractivity contribution in [2.24, 2.45) is 0 Å². The molecule has 3 N–H and O–H groups in total. The summed E-state index contributed by atoms with van der Waals surface area (Å²) in [5.74, 6) is 0.0182. The van der Waals surface area contributed by atoms with Crippen LogP contribution in [0.1, 0.15) is 37.5 Å². The maximum atomic E-state index is 12.0. The number of carbonyl (C=O) groups is 1. The quantitative estimate of drug-likeness (QED) is 0.836. The topological polar surface area (TPSA) is 55.1 Å². The zero-order chi connectivity index (χ0) is 16.2. The smallest absolute Gasteiger partial charge is 0.224 e. The minimum absolute atomic E-state index is 0. The van der Waals surface area contributed by atoms with Crippen LogP contribution < -0.4 is 11.1 Å². The summed E-state index contributed by atoms with van der Waals surface area (Å²) in [7, 11) is 0. The molecule has 0 aliphatic rings. The van der Waals surface area contributed by atoms with Gasteiger partial charge in [-0.05, 0) is 34.2 Å². The van der Waals surface area contributed by atoms with Gasteiger partial charge in [-0.3, -0.25) is 4.79 Å². The van der Waals surface area contributed by atoms with Crippen LogP contribution in [0, 0.1) is 0 Å². The maximum Gasteiger partial charge on any atom is 0.224 e. The molecule has 0 aliphatic heterocycles. The highest BCUT2D eigenvalue weighted by Gasteiger charge is 2.12. The van der Waals surface area contributed by atoms with Gasteiger partial charge in [0, 0.05) is 12.2 Å². The predicted molar refractivity (Wildman–Crippen MR) is 98.8 cm³/mol. The van der Waals surface area contributed by atoms with Crippen LogP contribution in [0.2, 0.25) is 0 Å². The van der Waals surface area contributed by atoms with Crippen molar-refractivity contribution in [2.75, 3.05) is 5.73 Å². The standard InChI is InChI=1S/C19H24N2O.ClH/c1-19(2,3)16-8-4-15(5-9-16)13-21-18(22)12-14-6-10-17(20)11-7-14;/h4-11H,12-13,20H2,1-3H3,(H,21,22);1H.